The third kappa shape index (κ3) is 2.37. The number of nitrogens with zero attached hydrogens (tertiary/aromatic N) is 1. The molecule has 4 heteroatoms. The second-order valence-electron chi connectivity index (χ2n) is 6.34. The van der Waals surface area contributed by atoms with Gasteiger partial charge in [-0.25, -0.2) is 4.98 Å². The van der Waals surface area contributed by atoms with Crippen molar-refractivity contribution in [3.63, 3.8) is 0 Å². The van der Waals surface area contributed by atoms with Crippen LogP contribution in [0.2, 0.25) is 0 Å². The standard InChI is InChI=1S/C17H19BrN2S/c18-12-5-6-13-11(9-12)10-14-15(13)20-16(21-14)17(19)7-3-1-2-4-8-17/h5-6,9H,1-4,7-8,10,19H2. The molecule has 4 rings (SSSR count). The average Bonchev–Trinajstić information content (AvgIpc) is 2.92. The first-order valence-electron chi connectivity index (χ1n) is 7.74. The topological polar surface area (TPSA) is 38.9 Å². The summed E-state index contributed by atoms with van der Waals surface area (Å²) in [6, 6.07) is 6.51. The molecule has 2 N–H and O–H groups in total. The second kappa shape index (κ2) is 5.18. The number of halogens is 1. The summed E-state index contributed by atoms with van der Waals surface area (Å²) in [7, 11) is 0. The predicted molar refractivity (Wildman–Crippen MR) is 91.6 cm³/mol. The molecule has 0 atom stereocenters. The zero-order valence-electron chi connectivity index (χ0n) is 12.0. The van der Waals surface area contributed by atoms with Crippen LogP contribution in [0.3, 0.4) is 0 Å². The van der Waals surface area contributed by atoms with E-state index in [1.165, 1.54) is 52.4 Å². The van der Waals surface area contributed by atoms with Gasteiger partial charge in [0.1, 0.15) is 5.01 Å². The van der Waals surface area contributed by atoms with Crippen molar-refractivity contribution < 1.29 is 0 Å². The van der Waals surface area contributed by atoms with Gasteiger partial charge in [-0.3, -0.25) is 0 Å². The Morgan fingerprint density at radius 3 is 2.67 bits per heavy atom. The first-order chi connectivity index (χ1) is 10.2. The van der Waals surface area contributed by atoms with E-state index in [1.807, 2.05) is 11.3 Å². The maximum atomic E-state index is 6.73. The Kier molecular flexibility index (Phi) is 3.43. The molecule has 0 spiro atoms. The number of thiazole rings is 1. The lowest BCUT2D eigenvalue weighted by Crippen LogP contribution is -2.35. The van der Waals surface area contributed by atoms with E-state index in [2.05, 4.69) is 34.1 Å². The first-order valence-corrected chi connectivity index (χ1v) is 9.34. The van der Waals surface area contributed by atoms with Crippen molar-refractivity contribution in [2.45, 2.75) is 50.5 Å². The Morgan fingerprint density at radius 1 is 1.14 bits per heavy atom. The number of aromatic nitrogens is 1. The van der Waals surface area contributed by atoms with Crippen LogP contribution in [0, 0.1) is 0 Å². The molecular formula is C17H19BrN2S. The summed E-state index contributed by atoms with van der Waals surface area (Å²) in [6.07, 6.45) is 8.31. The van der Waals surface area contributed by atoms with Gasteiger partial charge in [0.25, 0.3) is 0 Å². The summed E-state index contributed by atoms with van der Waals surface area (Å²) in [4.78, 5) is 6.37. The van der Waals surface area contributed by atoms with Gasteiger partial charge >= 0.3 is 0 Å². The van der Waals surface area contributed by atoms with Gasteiger partial charge in [-0.15, -0.1) is 11.3 Å². The number of nitrogens with two attached hydrogens (primary N) is 1. The van der Waals surface area contributed by atoms with Crippen LogP contribution in [0.25, 0.3) is 11.3 Å². The van der Waals surface area contributed by atoms with Crippen LogP contribution in [-0.4, -0.2) is 4.98 Å². The van der Waals surface area contributed by atoms with E-state index in [0.717, 1.165) is 23.7 Å². The van der Waals surface area contributed by atoms with E-state index in [-0.39, 0.29) is 5.54 Å². The Labute approximate surface area is 137 Å². The van der Waals surface area contributed by atoms with Crippen LogP contribution in [-0.2, 0) is 12.0 Å². The molecule has 0 radical (unpaired) electrons. The quantitative estimate of drug-likeness (QED) is 0.619. The zero-order valence-corrected chi connectivity index (χ0v) is 14.4. The molecule has 0 saturated heterocycles. The fourth-order valence-electron chi connectivity index (χ4n) is 3.58. The van der Waals surface area contributed by atoms with Gasteiger partial charge < -0.3 is 5.73 Å². The maximum absolute atomic E-state index is 6.73. The van der Waals surface area contributed by atoms with Gasteiger partial charge in [0.05, 0.1) is 11.2 Å². The minimum absolute atomic E-state index is 0.180. The van der Waals surface area contributed by atoms with Crippen molar-refractivity contribution in [3.05, 3.63) is 38.1 Å². The molecule has 0 unspecified atom stereocenters. The molecule has 110 valence electrons. The van der Waals surface area contributed by atoms with Crippen LogP contribution in [0.1, 0.15) is 54.0 Å². The molecule has 21 heavy (non-hydrogen) atoms. The molecule has 1 saturated carbocycles. The molecule has 2 aliphatic carbocycles. The van der Waals surface area contributed by atoms with Gasteiger partial charge in [-0.05, 0) is 30.5 Å². The largest absolute Gasteiger partial charge is 0.319 e. The molecular weight excluding hydrogens is 344 g/mol. The Balaban J connectivity index is 1.73. The van der Waals surface area contributed by atoms with E-state index >= 15 is 0 Å². The van der Waals surface area contributed by atoms with Crippen molar-refractivity contribution in [2.24, 2.45) is 5.73 Å². The summed E-state index contributed by atoms with van der Waals surface area (Å²) in [5.74, 6) is 0. The fraction of sp³-hybridized carbons (Fsp3) is 0.471. The summed E-state index contributed by atoms with van der Waals surface area (Å²) < 4.78 is 1.15. The minimum atomic E-state index is -0.180. The molecule has 2 aliphatic rings. The maximum Gasteiger partial charge on any atom is 0.113 e. The lowest BCUT2D eigenvalue weighted by molar-refractivity contribution is 0.384. The lowest BCUT2D eigenvalue weighted by Gasteiger charge is -2.25. The van der Waals surface area contributed by atoms with Crippen LogP contribution in [0.5, 0.6) is 0 Å². The highest BCUT2D eigenvalue weighted by Crippen LogP contribution is 2.44. The van der Waals surface area contributed by atoms with E-state index in [1.54, 1.807) is 0 Å². The van der Waals surface area contributed by atoms with Crippen molar-refractivity contribution in [2.75, 3.05) is 0 Å². The van der Waals surface area contributed by atoms with Crippen LogP contribution in [0.4, 0.5) is 0 Å². The highest BCUT2D eigenvalue weighted by molar-refractivity contribution is 9.10. The molecule has 2 aromatic rings. The van der Waals surface area contributed by atoms with Gasteiger partial charge in [-0.1, -0.05) is 47.7 Å². The zero-order chi connectivity index (χ0) is 14.4. The van der Waals surface area contributed by atoms with Gasteiger partial charge in [-0.2, -0.15) is 0 Å². The molecule has 1 heterocycles. The number of rotatable bonds is 1. The van der Waals surface area contributed by atoms with Crippen molar-refractivity contribution in [1.29, 1.82) is 0 Å². The van der Waals surface area contributed by atoms with E-state index in [0.29, 0.717) is 0 Å². The van der Waals surface area contributed by atoms with E-state index < -0.39 is 0 Å². The predicted octanol–water partition coefficient (Wildman–Crippen LogP) is 4.99. The van der Waals surface area contributed by atoms with Crippen LogP contribution < -0.4 is 5.73 Å². The number of hydrogen-bond acceptors (Lipinski definition) is 3. The molecule has 1 aromatic carbocycles. The summed E-state index contributed by atoms with van der Waals surface area (Å²) in [5.41, 5.74) is 10.4. The molecule has 1 aromatic heterocycles. The molecule has 1 fully saturated rings. The van der Waals surface area contributed by atoms with E-state index in [9.17, 15) is 0 Å². The number of benzene rings is 1. The van der Waals surface area contributed by atoms with Crippen LogP contribution >= 0.6 is 27.3 Å². The first kappa shape index (κ1) is 13.9. The Hall–Kier alpha value is -0.710. The summed E-state index contributed by atoms with van der Waals surface area (Å²) in [5, 5.41) is 1.17. The normalized spacial score (nSPS) is 19.9. The Morgan fingerprint density at radius 2 is 1.90 bits per heavy atom. The highest BCUT2D eigenvalue weighted by Gasteiger charge is 2.34. The van der Waals surface area contributed by atoms with Gasteiger partial charge in [0.15, 0.2) is 0 Å². The van der Waals surface area contributed by atoms with Crippen molar-refractivity contribution in [1.82, 2.24) is 4.98 Å². The smallest absolute Gasteiger partial charge is 0.113 e. The molecule has 0 aliphatic heterocycles. The number of fused-ring (bicyclic) bond motifs is 3. The second-order valence-corrected chi connectivity index (χ2v) is 8.34. The van der Waals surface area contributed by atoms with Gasteiger partial charge in [0, 0.05) is 21.3 Å². The SMILES string of the molecule is NC1(c2nc3c(s2)Cc2cc(Br)ccc2-3)CCCCCC1. The van der Waals surface area contributed by atoms with Gasteiger partial charge in [0.2, 0.25) is 0 Å². The number of hydrogen-bond donors (Lipinski definition) is 1. The molecule has 0 amide bonds. The molecule has 0 bridgehead atoms. The monoisotopic (exact) mass is 362 g/mol. The third-order valence-electron chi connectivity index (χ3n) is 4.79. The third-order valence-corrected chi connectivity index (χ3v) is 6.56. The summed E-state index contributed by atoms with van der Waals surface area (Å²) in [6.45, 7) is 0. The van der Waals surface area contributed by atoms with Crippen molar-refractivity contribution >= 4 is 27.3 Å². The van der Waals surface area contributed by atoms with Crippen molar-refractivity contribution in [3.8, 4) is 11.3 Å². The highest BCUT2D eigenvalue weighted by atomic mass is 79.9. The molecule has 2 nitrogen and oxygen atoms in total. The van der Waals surface area contributed by atoms with E-state index in [4.69, 9.17) is 10.7 Å². The fourth-order valence-corrected chi connectivity index (χ4v) is 5.25. The average molecular weight is 363 g/mol. The summed E-state index contributed by atoms with van der Waals surface area (Å²) >= 11 is 5.40. The Bertz CT molecular complexity index is 684. The minimum Gasteiger partial charge on any atom is -0.319 e. The van der Waals surface area contributed by atoms with Crippen LogP contribution in [0.15, 0.2) is 22.7 Å². The lowest BCUT2D eigenvalue weighted by atomic mass is 9.92.